The molecule has 0 radical (unpaired) electrons. The first-order chi connectivity index (χ1) is 7.17. The summed E-state index contributed by atoms with van der Waals surface area (Å²) < 4.78 is 0. The monoisotopic (exact) mass is 214 g/mol. The summed E-state index contributed by atoms with van der Waals surface area (Å²) in [5, 5.41) is 12.2. The molecule has 4 nitrogen and oxygen atoms in total. The van der Waals surface area contributed by atoms with E-state index >= 15 is 0 Å². The molecule has 1 rings (SSSR count). The molecule has 0 bridgehead atoms. The Balaban J connectivity index is 2.43. The lowest BCUT2D eigenvalue weighted by molar-refractivity contribution is -0.137. The fraction of sp³-hybridized carbons (Fsp3) is 0.909. The molecule has 1 aliphatic rings. The average Bonchev–Trinajstić information content (AvgIpc) is 2.25. The van der Waals surface area contributed by atoms with E-state index < -0.39 is 5.97 Å². The molecule has 0 aromatic heterocycles. The molecule has 1 saturated heterocycles. The summed E-state index contributed by atoms with van der Waals surface area (Å²) in [6.45, 7) is 6.99. The van der Waals surface area contributed by atoms with Crippen LogP contribution in [0.1, 0.15) is 33.1 Å². The Labute approximate surface area is 91.6 Å². The number of carboxylic acid groups (broad SMARTS) is 1. The van der Waals surface area contributed by atoms with Gasteiger partial charge < -0.3 is 10.4 Å². The Kier molecular flexibility index (Phi) is 5.05. The quantitative estimate of drug-likeness (QED) is 0.714. The molecule has 15 heavy (non-hydrogen) atoms. The smallest absolute Gasteiger partial charge is 0.304 e. The Morgan fingerprint density at radius 2 is 2.20 bits per heavy atom. The van der Waals surface area contributed by atoms with Crippen LogP contribution in [0, 0.1) is 0 Å². The Morgan fingerprint density at radius 1 is 1.47 bits per heavy atom. The molecule has 0 saturated carbocycles. The van der Waals surface area contributed by atoms with Crippen LogP contribution in [-0.2, 0) is 4.79 Å². The van der Waals surface area contributed by atoms with Gasteiger partial charge in [0.2, 0.25) is 0 Å². The topological polar surface area (TPSA) is 52.6 Å². The number of hydrogen-bond donors (Lipinski definition) is 2. The third-order valence-corrected chi connectivity index (χ3v) is 3.19. The van der Waals surface area contributed by atoms with E-state index in [-0.39, 0.29) is 6.42 Å². The summed E-state index contributed by atoms with van der Waals surface area (Å²) in [6.07, 6.45) is 2.45. The van der Waals surface area contributed by atoms with Crippen LogP contribution < -0.4 is 5.32 Å². The second-order valence-corrected chi connectivity index (χ2v) is 4.21. The average molecular weight is 214 g/mol. The molecular weight excluding hydrogens is 192 g/mol. The van der Waals surface area contributed by atoms with Crippen LogP contribution in [-0.4, -0.2) is 47.7 Å². The summed E-state index contributed by atoms with van der Waals surface area (Å²) in [5.41, 5.74) is 0. The Morgan fingerprint density at radius 3 is 2.73 bits per heavy atom. The number of nitrogens with one attached hydrogen (secondary N) is 1. The normalized spacial score (nSPS) is 27.9. The molecule has 0 aromatic rings. The number of piperazine rings is 1. The van der Waals surface area contributed by atoms with Gasteiger partial charge in [-0.15, -0.1) is 0 Å². The molecule has 1 fully saturated rings. The number of carboxylic acids is 1. The van der Waals surface area contributed by atoms with Gasteiger partial charge in [-0.25, -0.2) is 0 Å². The van der Waals surface area contributed by atoms with Crippen LogP contribution in [0.3, 0.4) is 0 Å². The minimum atomic E-state index is -0.698. The van der Waals surface area contributed by atoms with Crippen molar-refractivity contribution in [2.75, 3.05) is 19.6 Å². The number of carbonyl (C=O) groups is 1. The van der Waals surface area contributed by atoms with Gasteiger partial charge in [0, 0.05) is 31.7 Å². The molecule has 1 aliphatic heterocycles. The van der Waals surface area contributed by atoms with Crippen molar-refractivity contribution in [3.63, 3.8) is 0 Å². The zero-order valence-electron chi connectivity index (χ0n) is 9.70. The third-order valence-electron chi connectivity index (χ3n) is 3.19. The van der Waals surface area contributed by atoms with Crippen molar-refractivity contribution in [3.8, 4) is 0 Å². The number of nitrogens with zero attached hydrogens (tertiary/aromatic N) is 1. The van der Waals surface area contributed by atoms with Gasteiger partial charge in [-0.3, -0.25) is 9.69 Å². The number of aliphatic carboxylic acids is 1. The molecular formula is C11H22N2O2. The molecule has 88 valence electrons. The van der Waals surface area contributed by atoms with Crippen molar-refractivity contribution < 1.29 is 9.90 Å². The van der Waals surface area contributed by atoms with Gasteiger partial charge in [0.05, 0.1) is 6.42 Å². The molecule has 1 heterocycles. The third kappa shape index (κ3) is 3.80. The second kappa shape index (κ2) is 6.08. The Bertz CT molecular complexity index is 209. The van der Waals surface area contributed by atoms with E-state index in [1.165, 1.54) is 0 Å². The maximum absolute atomic E-state index is 10.5. The van der Waals surface area contributed by atoms with Crippen LogP contribution in [0.5, 0.6) is 0 Å². The van der Waals surface area contributed by atoms with E-state index in [0.29, 0.717) is 18.6 Å². The van der Waals surface area contributed by atoms with E-state index in [0.717, 1.165) is 25.9 Å². The zero-order chi connectivity index (χ0) is 11.3. The fourth-order valence-corrected chi connectivity index (χ4v) is 2.12. The van der Waals surface area contributed by atoms with Crippen molar-refractivity contribution in [1.82, 2.24) is 10.2 Å². The van der Waals surface area contributed by atoms with E-state index in [9.17, 15) is 4.79 Å². The molecule has 0 spiro atoms. The zero-order valence-corrected chi connectivity index (χ0v) is 9.70. The molecule has 0 amide bonds. The van der Waals surface area contributed by atoms with Gasteiger partial charge in [0.25, 0.3) is 0 Å². The SMILES string of the molecule is CCC1CN(CCC(=O)O)C(CC)CN1. The first-order valence-corrected chi connectivity index (χ1v) is 5.86. The van der Waals surface area contributed by atoms with Crippen molar-refractivity contribution in [2.45, 2.75) is 45.2 Å². The van der Waals surface area contributed by atoms with Crippen LogP contribution in [0.15, 0.2) is 0 Å². The van der Waals surface area contributed by atoms with Crippen LogP contribution in [0.4, 0.5) is 0 Å². The van der Waals surface area contributed by atoms with Crippen LogP contribution >= 0.6 is 0 Å². The predicted octanol–water partition coefficient (Wildman–Crippen LogP) is 0.923. The van der Waals surface area contributed by atoms with Gasteiger partial charge in [-0.05, 0) is 12.8 Å². The van der Waals surface area contributed by atoms with Gasteiger partial charge in [-0.1, -0.05) is 13.8 Å². The van der Waals surface area contributed by atoms with Gasteiger partial charge >= 0.3 is 5.97 Å². The van der Waals surface area contributed by atoms with Crippen molar-refractivity contribution in [3.05, 3.63) is 0 Å². The van der Waals surface area contributed by atoms with Crippen molar-refractivity contribution >= 4 is 5.97 Å². The highest BCUT2D eigenvalue weighted by molar-refractivity contribution is 5.66. The Hall–Kier alpha value is -0.610. The van der Waals surface area contributed by atoms with Crippen LogP contribution in [0.2, 0.25) is 0 Å². The maximum atomic E-state index is 10.5. The minimum Gasteiger partial charge on any atom is -0.481 e. The van der Waals surface area contributed by atoms with E-state index in [4.69, 9.17) is 5.11 Å². The fourth-order valence-electron chi connectivity index (χ4n) is 2.12. The highest BCUT2D eigenvalue weighted by Crippen LogP contribution is 2.12. The first kappa shape index (κ1) is 12.5. The molecule has 4 heteroatoms. The van der Waals surface area contributed by atoms with Crippen molar-refractivity contribution in [1.29, 1.82) is 0 Å². The second-order valence-electron chi connectivity index (χ2n) is 4.21. The summed E-state index contributed by atoms with van der Waals surface area (Å²) >= 11 is 0. The lowest BCUT2D eigenvalue weighted by atomic mass is 10.1. The van der Waals surface area contributed by atoms with E-state index in [1.807, 2.05) is 0 Å². The largest absolute Gasteiger partial charge is 0.481 e. The highest BCUT2D eigenvalue weighted by Gasteiger charge is 2.25. The number of rotatable bonds is 5. The highest BCUT2D eigenvalue weighted by atomic mass is 16.4. The lowest BCUT2D eigenvalue weighted by Crippen LogP contribution is -2.56. The van der Waals surface area contributed by atoms with Gasteiger partial charge in [-0.2, -0.15) is 0 Å². The number of hydrogen-bond acceptors (Lipinski definition) is 3. The molecule has 2 atom stereocenters. The predicted molar refractivity (Wildman–Crippen MR) is 60.0 cm³/mol. The molecule has 0 aromatic carbocycles. The van der Waals surface area contributed by atoms with E-state index in [2.05, 4.69) is 24.1 Å². The minimum absolute atomic E-state index is 0.257. The van der Waals surface area contributed by atoms with E-state index in [1.54, 1.807) is 0 Å². The molecule has 2 unspecified atom stereocenters. The van der Waals surface area contributed by atoms with Crippen molar-refractivity contribution in [2.24, 2.45) is 0 Å². The van der Waals surface area contributed by atoms with Crippen LogP contribution in [0.25, 0.3) is 0 Å². The van der Waals surface area contributed by atoms with Gasteiger partial charge in [0.15, 0.2) is 0 Å². The molecule has 2 N–H and O–H groups in total. The first-order valence-electron chi connectivity index (χ1n) is 5.86. The summed E-state index contributed by atoms with van der Waals surface area (Å²) in [5.74, 6) is -0.698. The summed E-state index contributed by atoms with van der Waals surface area (Å²) in [4.78, 5) is 12.9. The molecule has 0 aliphatic carbocycles. The summed E-state index contributed by atoms with van der Waals surface area (Å²) in [7, 11) is 0. The summed E-state index contributed by atoms with van der Waals surface area (Å²) in [6, 6.07) is 1.04. The standard InChI is InChI=1S/C11H22N2O2/c1-3-9-8-13(6-5-11(14)15)10(4-2)7-12-9/h9-10,12H,3-8H2,1-2H3,(H,14,15). The maximum Gasteiger partial charge on any atom is 0.304 e. The van der Waals surface area contributed by atoms with Gasteiger partial charge in [0.1, 0.15) is 0 Å². The lowest BCUT2D eigenvalue weighted by Gasteiger charge is -2.39.